The molecule has 0 fully saturated rings. The fourth-order valence-electron chi connectivity index (χ4n) is 1.24. The summed E-state index contributed by atoms with van der Waals surface area (Å²) >= 11 is 4.75. The van der Waals surface area contributed by atoms with Gasteiger partial charge in [0.2, 0.25) is 0 Å². The molecule has 0 radical (unpaired) electrons. The lowest BCUT2D eigenvalue weighted by Crippen LogP contribution is -2.18. The highest BCUT2D eigenvalue weighted by Gasteiger charge is 2.02. The maximum atomic E-state index is 5.47. The van der Waals surface area contributed by atoms with Gasteiger partial charge in [-0.05, 0) is 43.5 Å². The number of thiocarbonyl (C=S) groups is 1. The Kier molecular flexibility index (Phi) is 3.47. The van der Waals surface area contributed by atoms with Crippen LogP contribution in [0, 0.1) is 20.8 Å². The number of aryl methyl sites for hydroxylation is 3. The van der Waals surface area contributed by atoms with Crippen molar-refractivity contribution in [3.63, 3.8) is 0 Å². The SMILES string of the molecule is Cc1cc(C)c(OCC(N)=S)cc1C. The van der Waals surface area contributed by atoms with Gasteiger partial charge in [-0.25, -0.2) is 0 Å². The van der Waals surface area contributed by atoms with E-state index < -0.39 is 0 Å². The molecule has 0 aromatic heterocycles. The van der Waals surface area contributed by atoms with Gasteiger partial charge in [-0.15, -0.1) is 0 Å². The van der Waals surface area contributed by atoms with Crippen molar-refractivity contribution in [2.75, 3.05) is 6.61 Å². The Hall–Kier alpha value is -1.09. The fraction of sp³-hybridized carbons (Fsp3) is 0.364. The second-order valence-electron chi connectivity index (χ2n) is 3.46. The molecule has 1 aromatic carbocycles. The Morgan fingerprint density at radius 1 is 1.21 bits per heavy atom. The van der Waals surface area contributed by atoms with Gasteiger partial charge in [0.25, 0.3) is 0 Å². The molecule has 0 atom stereocenters. The third kappa shape index (κ3) is 2.70. The summed E-state index contributed by atoms with van der Waals surface area (Å²) in [6, 6.07) is 4.12. The van der Waals surface area contributed by atoms with Gasteiger partial charge in [-0.1, -0.05) is 18.3 Å². The lowest BCUT2D eigenvalue weighted by atomic mass is 10.1. The maximum Gasteiger partial charge on any atom is 0.138 e. The lowest BCUT2D eigenvalue weighted by molar-refractivity contribution is 0.374. The van der Waals surface area contributed by atoms with E-state index in [4.69, 9.17) is 22.7 Å². The Bertz CT molecular complexity index is 361. The summed E-state index contributed by atoms with van der Waals surface area (Å²) in [4.78, 5) is 0.377. The molecule has 14 heavy (non-hydrogen) atoms. The van der Waals surface area contributed by atoms with E-state index in [2.05, 4.69) is 19.9 Å². The topological polar surface area (TPSA) is 35.2 Å². The Labute approximate surface area is 90.1 Å². The van der Waals surface area contributed by atoms with Crippen LogP contribution in [0.4, 0.5) is 0 Å². The molecular weight excluding hydrogens is 194 g/mol. The average Bonchev–Trinajstić information content (AvgIpc) is 2.09. The van der Waals surface area contributed by atoms with Crippen molar-refractivity contribution in [2.45, 2.75) is 20.8 Å². The maximum absolute atomic E-state index is 5.47. The first-order valence-electron chi connectivity index (χ1n) is 4.49. The second kappa shape index (κ2) is 4.42. The number of benzene rings is 1. The normalized spacial score (nSPS) is 9.93. The summed E-state index contributed by atoms with van der Waals surface area (Å²) in [5, 5.41) is 0. The summed E-state index contributed by atoms with van der Waals surface area (Å²) in [6.45, 7) is 6.46. The summed E-state index contributed by atoms with van der Waals surface area (Å²) in [7, 11) is 0. The van der Waals surface area contributed by atoms with Gasteiger partial charge in [-0.2, -0.15) is 0 Å². The predicted octanol–water partition coefficient (Wildman–Crippen LogP) is 2.28. The molecule has 0 spiro atoms. The predicted molar refractivity (Wildman–Crippen MR) is 62.9 cm³/mol. The van der Waals surface area contributed by atoms with Crippen molar-refractivity contribution >= 4 is 17.2 Å². The summed E-state index contributed by atoms with van der Waals surface area (Å²) in [5.74, 6) is 0.862. The van der Waals surface area contributed by atoms with Crippen molar-refractivity contribution in [1.29, 1.82) is 0 Å². The Morgan fingerprint density at radius 3 is 2.36 bits per heavy atom. The van der Waals surface area contributed by atoms with Crippen molar-refractivity contribution in [3.05, 3.63) is 28.8 Å². The van der Waals surface area contributed by atoms with E-state index in [9.17, 15) is 0 Å². The number of hydrogen-bond acceptors (Lipinski definition) is 2. The first-order valence-corrected chi connectivity index (χ1v) is 4.90. The molecule has 0 aliphatic heterocycles. The molecule has 2 N–H and O–H groups in total. The number of hydrogen-bond donors (Lipinski definition) is 1. The highest BCUT2D eigenvalue weighted by atomic mass is 32.1. The zero-order chi connectivity index (χ0) is 10.7. The van der Waals surface area contributed by atoms with Crippen LogP contribution in [0.1, 0.15) is 16.7 Å². The molecule has 0 bridgehead atoms. The molecule has 2 nitrogen and oxygen atoms in total. The molecule has 3 heteroatoms. The Morgan fingerprint density at radius 2 is 1.79 bits per heavy atom. The van der Waals surface area contributed by atoms with Crippen molar-refractivity contribution in [2.24, 2.45) is 5.73 Å². The quantitative estimate of drug-likeness (QED) is 0.776. The van der Waals surface area contributed by atoms with Gasteiger partial charge < -0.3 is 10.5 Å². The van der Waals surface area contributed by atoms with Crippen LogP contribution < -0.4 is 10.5 Å². The molecule has 0 aliphatic carbocycles. The van der Waals surface area contributed by atoms with E-state index in [1.165, 1.54) is 11.1 Å². The second-order valence-corrected chi connectivity index (χ2v) is 3.98. The first kappa shape index (κ1) is 11.0. The number of ether oxygens (including phenoxy) is 1. The molecule has 0 aliphatic rings. The molecule has 1 rings (SSSR count). The van der Waals surface area contributed by atoms with Gasteiger partial charge in [0.1, 0.15) is 17.3 Å². The molecule has 0 unspecified atom stereocenters. The minimum Gasteiger partial charge on any atom is -0.486 e. The van der Waals surface area contributed by atoms with Crippen LogP contribution in [0.15, 0.2) is 12.1 Å². The van der Waals surface area contributed by atoms with Gasteiger partial charge in [0.15, 0.2) is 0 Å². The first-order chi connectivity index (χ1) is 6.50. The van der Waals surface area contributed by atoms with E-state index in [1.807, 2.05) is 13.0 Å². The number of rotatable bonds is 3. The van der Waals surface area contributed by atoms with E-state index in [0.29, 0.717) is 11.6 Å². The molecule has 76 valence electrons. The van der Waals surface area contributed by atoms with Crippen LogP contribution in [0.25, 0.3) is 0 Å². The zero-order valence-corrected chi connectivity index (χ0v) is 9.57. The van der Waals surface area contributed by atoms with E-state index in [1.54, 1.807) is 0 Å². The van der Waals surface area contributed by atoms with Crippen LogP contribution in [0.5, 0.6) is 5.75 Å². The van der Waals surface area contributed by atoms with Crippen LogP contribution >= 0.6 is 12.2 Å². The molecule has 1 aromatic rings. The minimum atomic E-state index is 0.304. The smallest absolute Gasteiger partial charge is 0.138 e. The van der Waals surface area contributed by atoms with Crippen LogP contribution in [-0.2, 0) is 0 Å². The number of nitrogens with two attached hydrogens (primary N) is 1. The third-order valence-electron chi connectivity index (χ3n) is 2.16. The van der Waals surface area contributed by atoms with E-state index in [0.717, 1.165) is 11.3 Å². The zero-order valence-electron chi connectivity index (χ0n) is 8.76. The molecule has 0 heterocycles. The highest BCUT2D eigenvalue weighted by molar-refractivity contribution is 7.80. The standard InChI is InChI=1S/C11H15NOS/c1-7-4-9(3)10(5-8(7)2)13-6-11(12)14/h4-5H,6H2,1-3H3,(H2,12,14). The largest absolute Gasteiger partial charge is 0.486 e. The van der Waals surface area contributed by atoms with Gasteiger partial charge in [-0.3, -0.25) is 0 Å². The fourth-order valence-corrected chi connectivity index (χ4v) is 1.30. The molecular formula is C11H15NOS. The van der Waals surface area contributed by atoms with Crippen molar-refractivity contribution in [3.8, 4) is 5.75 Å². The highest BCUT2D eigenvalue weighted by Crippen LogP contribution is 2.22. The minimum absolute atomic E-state index is 0.304. The lowest BCUT2D eigenvalue weighted by Gasteiger charge is -2.10. The van der Waals surface area contributed by atoms with Gasteiger partial charge in [0, 0.05) is 0 Å². The summed E-state index contributed by atoms with van der Waals surface area (Å²) in [5.41, 5.74) is 8.96. The van der Waals surface area contributed by atoms with Crippen molar-refractivity contribution < 1.29 is 4.74 Å². The van der Waals surface area contributed by atoms with E-state index in [-0.39, 0.29) is 0 Å². The molecule has 0 saturated heterocycles. The van der Waals surface area contributed by atoms with Gasteiger partial charge in [0.05, 0.1) is 0 Å². The van der Waals surface area contributed by atoms with Crippen LogP contribution in [0.2, 0.25) is 0 Å². The van der Waals surface area contributed by atoms with Crippen LogP contribution in [-0.4, -0.2) is 11.6 Å². The summed E-state index contributed by atoms with van der Waals surface area (Å²) < 4.78 is 5.47. The third-order valence-corrected chi connectivity index (χ3v) is 2.28. The molecule has 0 saturated carbocycles. The summed E-state index contributed by atoms with van der Waals surface area (Å²) in [6.07, 6.45) is 0. The average molecular weight is 209 g/mol. The Balaban J connectivity index is 2.87. The van der Waals surface area contributed by atoms with Crippen molar-refractivity contribution in [1.82, 2.24) is 0 Å². The monoisotopic (exact) mass is 209 g/mol. The van der Waals surface area contributed by atoms with Crippen LogP contribution in [0.3, 0.4) is 0 Å². The van der Waals surface area contributed by atoms with Gasteiger partial charge >= 0.3 is 0 Å². The van der Waals surface area contributed by atoms with E-state index >= 15 is 0 Å². The molecule has 0 amide bonds.